The first-order chi connectivity index (χ1) is 21.4. The first-order valence-corrected chi connectivity index (χ1v) is 15.1. The van der Waals surface area contributed by atoms with E-state index >= 15 is 0 Å². The van der Waals surface area contributed by atoms with E-state index < -0.39 is 0 Å². The molecule has 0 aliphatic heterocycles. The lowest BCUT2D eigenvalue weighted by Crippen LogP contribution is -2.40. The van der Waals surface area contributed by atoms with Crippen molar-refractivity contribution in [3.63, 3.8) is 0 Å². The molecule has 0 saturated carbocycles. The van der Waals surface area contributed by atoms with Gasteiger partial charge in [-0.1, -0.05) is 86.1 Å². The van der Waals surface area contributed by atoms with E-state index in [4.69, 9.17) is 10.2 Å². The molecule has 1 amide bonds. The zero-order valence-corrected chi connectivity index (χ0v) is 25.5. The maximum atomic E-state index is 14.2. The molecule has 0 fully saturated rings. The summed E-state index contributed by atoms with van der Waals surface area (Å²) in [5.74, 6) is 1.64. The van der Waals surface area contributed by atoms with Gasteiger partial charge in [-0.2, -0.15) is 5.26 Å². The van der Waals surface area contributed by atoms with Crippen LogP contribution in [0.1, 0.15) is 59.2 Å². The number of rotatable bonds is 12. The van der Waals surface area contributed by atoms with E-state index in [1.165, 1.54) is 11.1 Å². The molecule has 44 heavy (non-hydrogen) atoms. The van der Waals surface area contributed by atoms with Gasteiger partial charge in [0.05, 0.1) is 17.3 Å². The highest BCUT2D eigenvalue weighted by Gasteiger charge is 2.32. The lowest BCUT2D eigenvalue weighted by Gasteiger charge is -2.35. The monoisotopic (exact) mass is 582 g/mol. The third-order valence-corrected chi connectivity index (χ3v) is 7.60. The highest BCUT2D eigenvalue weighted by Crippen LogP contribution is 2.33. The molecule has 0 bridgehead atoms. The average molecular weight is 583 g/mol. The van der Waals surface area contributed by atoms with E-state index in [2.05, 4.69) is 84.3 Å². The maximum Gasteiger partial charge on any atom is 0.254 e. The number of aryl methyl sites for hydroxylation is 1. The van der Waals surface area contributed by atoms with Crippen LogP contribution in [0.5, 0.6) is 0 Å². The van der Waals surface area contributed by atoms with E-state index in [1.54, 1.807) is 18.3 Å². The smallest absolute Gasteiger partial charge is 0.254 e. The standard InChI is InChI=1S/C37H38N6O/c1-27(2)35(36-41-33(32-17-10-12-28(3)22-32)26-42(36)25-29-13-6-4-7-14-29)43(37(44)31-15-8-5-9-16-31)21-11-20-39-34-19-18-30(23-38)24-40-34/h4-10,12-19,22,24,26-27,35H,11,20-21,25H2,1-3H3,(H,39,40)/t35-/m1/s1. The summed E-state index contributed by atoms with van der Waals surface area (Å²) in [5.41, 5.74) is 5.47. The number of nitrogens with zero attached hydrogens (tertiary/aromatic N) is 5. The van der Waals surface area contributed by atoms with Gasteiger partial charge in [0, 0.05) is 43.2 Å². The molecule has 1 N–H and O–H groups in total. The summed E-state index contributed by atoms with van der Waals surface area (Å²) in [6.07, 6.45) is 4.38. The second-order valence-corrected chi connectivity index (χ2v) is 11.3. The molecule has 7 nitrogen and oxygen atoms in total. The molecule has 0 radical (unpaired) electrons. The summed E-state index contributed by atoms with van der Waals surface area (Å²) in [6, 6.07) is 33.6. The van der Waals surface area contributed by atoms with Gasteiger partial charge in [0.1, 0.15) is 17.7 Å². The number of nitrogens with one attached hydrogen (secondary N) is 1. The van der Waals surface area contributed by atoms with Crippen molar-refractivity contribution < 1.29 is 4.79 Å². The summed E-state index contributed by atoms with van der Waals surface area (Å²) >= 11 is 0. The molecular formula is C37H38N6O. The molecule has 222 valence electrons. The first-order valence-electron chi connectivity index (χ1n) is 15.1. The molecule has 2 aromatic heterocycles. The van der Waals surface area contributed by atoms with Crippen LogP contribution in [-0.4, -0.2) is 38.4 Å². The molecule has 5 aromatic rings. The van der Waals surface area contributed by atoms with Crippen LogP contribution in [0, 0.1) is 24.2 Å². The fraction of sp³-hybridized carbons (Fsp3) is 0.243. The minimum Gasteiger partial charge on any atom is -0.370 e. The highest BCUT2D eigenvalue weighted by molar-refractivity contribution is 5.94. The summed E-state index contributed by atoms with van der Waals surface area (Å²) in [5, 5.41) is 12.4. The predicted molar refractivity (Wildman–Crippen MR) is 175 cm³/mol. The van der Waals surface area contributed by atoms with Gasteiger partial charge in [-0.05, 0) is 55.2 Å². The molecule has 0 aliphatic carbocycles. The number of benzene rings is 3. The Morgan fingerprint density at radius 3 is 2.39 bits per heavy atom. The fourth-order valence-electron chi connectivity index (χ4n) is 5.46. The largest absolute Gasteiger partial charge is 0.370 e. The Bertz CT molecular complexity index is 1700. The molecule has 1 atom stereocenters. The van der Waals surface area contributed by atoms with Crippen LogP contribution in [0.15, 0.2) is 109 Å². The first kappa shape index (κ1) is 30.2. The number of imidazole rings is 1. The van der Waals surface area contributed by atoms with E-state index in [0.717, 1.165) is 17.1 Å². The van der Waals surface area contributed by atoms with Crippen LogP contribution in [-0.2, 0) is 6.54 Å². The Kier molecular flexibility index (Phi) is 9.83. The summed E-state index contributed by atoms with van der Waals surface area (Å²) in [6.45, 7) is 8.19. The van der Waals surface area contributed by atoms with Crippen LogP contribution in [0.4, 0.5) is 5.82 Å². The number of aromatic nitrogens is 3. The van der Waals surface area contributed by atoms with Crippen molar-refractivity contribution in [3.05, 3.63) is 138 Å². The van der Waals surface area contributed by atoms with Gasteiger partial charge in [-0.3, -0.25) is 4.79 Å². The number of carbonyl (C=O) groups is 1. The second kappa shape index (κ2) is 14.3. The van der Waals surface area contributed by atoms with Crippen LogP contribution < -0.4 is 5.32 Å². The van der Waals surface area contributed by atoms with E-state index in [-0.39, 0.29) is 17.9 Å². The van der Waals surface area contributed by atoms with Gasteiger partial charge in [-0.25, -0.2) is 9.97 Å². The van der Waals surface area contributed by atoms with Crippen molar-refractivity contribution in [1.82, 2.24) is 19.4 Å². The Labute approximate surface area is 259 Å². The fourth-order valence-corrected chi connectivity index (χ4v) is 5.46. The minimum atomic E-state index is -0.266. The quantitative estimate of drug-likeness (QED) is 0.154. The van der Waals surface area contributed by atoms with Crippen molar-refractivity contribution in [2.45, 2.75) is 39.8 Å². The number of nitriles is 1. The third kappa shape index (κ3) is 7.40. The molecule has 0 spiro atoms. The van der Waals surface area contributed by atoms with Gasteiger partial charge in [0.2, 0.25) is 0 Å². The summed E-state index contributed by atoms with van der Waals surface area (Å²) < 4.78 is 2.21. The third-order valence-electron chi connectivity index (χ3n) is 7.60. The predicted octanol–water partition coefficient (Wildman–Crippen LogP) is 7.52. The van der Waals surface area contributed by atoms with Crippen LogP contribution in [0.3, 0.4) is 0 Å². The van der Waals surface area contributed by atoms with Crippen LogP contribution in [0.2, 0.25) is 0 Å². The lowest BCUT2D eigenvalue weighted by atomic mass is 9.99. The number of hydrogen-bond donors (Lipinski definition) is 1. The van der Waals surface area contributed by atoms with Crippen molar-refractivity contribution in [3.8, 4) is 17.3 Å². The number of amides is 1. The molecular weight excluding hydrogens is 544 g/mol. The average Bonchev–Trinajstić information content (AvgIpc) is 3.46. The number of hydrogen-bond acceptors (Lipinski definition) is 5. The van der Waals surface area contributed by atoms with E-state index in [9.17, 15) is 4.79 Å². The van der Waals surface area contributed by atoms with E-state index in [1.807, 2.05) is 53.4 Å². The lowest BCUT2D eigenvalue weighted by molar-refractivity contribution is 0.0605. The molecule has 0 unspecified atom stereocenters. The Morgan fingerprint density at radius 1 is 0.977 bits per heavy atom. The van der Waals surface area contributed by atoms with Gasteiger partial charge in [-0.15, -0.1) is 0 Å². The Balaban J connectivity index is 1.50. The summed E-state index contributed by atoms with van der Waals surface area (Å²) in [4.78, 5) is 25.8. The Hall–Kier alpha value is -5.22. The molecule has 3 aromatic carbocycles. The molecule has 0 saturated heterocycles. The van der Waals surface area contributed by atoms with Crippen molar-refractivity contribution in [2.75, 3.05) is 18.4 Å². The van der Waals surface area contributed by atoms with Gasteiger partial charge in [0.15, 0.2) is 0 Å². The highest BCUT2D eigenvalue weighted by atomic mass is 16.2. The topological polar surface area (TPSA) is 86.8 Å². The molecule has 7 heteroatoms. The maximum absolute atomic E-state index is 14.2. The van der Waals surface area contributed by atoms with Crippen LogP contribution >= 0.6 is 0 Å². The number of anilines is 1. The van der Waals surface area contributed by atoms with Crippen LogP contribution in [0.25, 0.3) is 11.3 Å². The van der Waals surface area contributed by atoms with Crippen molar-refractivity contribution in [1.29, 1.82) is 5.26 Å². The molecule has 5 rings (SSSR count). The number of pyridine rings is 1. The van der Waals surface area contributed by atoms with Gasteiger partial charge in [0.25, 0.3) is 5.91 Å². The minimum absolute atomic E-state index is 0.0211. The molecule has 0 aliphatic rings. The van der Waals surface area contributed by atoms with Gasteiger partial charge >= 0.3 is 0 Å². The summed E-state index contributed by atoms with van der Waals surface area (Å²) in [7, 11) is 0. The Morgan fingerprint density at radius 2 is 1.73 bits per heavy atom. The normalized spacial score (nSPS) is 11.6. The number of carbonyl (C=O) groups excluding carboxylic acids is 1. The zero-order valence-electron chi connectivity index (χ0n) is 25.5. The van der Waals surface area contributed by atoms with Crippen molar-refractivity contribution in [2.24, 2.45) is 5.92 Å². The van der Waals surface area contributed by atoms with Gasteiger partial charge < -0.3 is 14.8 Å². The SMILES string of the molecule is Cc1cccc(-c2cn(Cc3ccccc3)c([C@@H](C(C)C)N(CCCNc3ccc(C#N)cn3)C(=O)c3ccccc3)n2)c1. The molecule has 2 heterocycles. The van der Waals surface area contributed by atoms with Crippen molar-refractivity contribution >= 4 is 11.7 Å². The zero-order chi connectivity index (χ0) is 30.9. The second-order valence-electron chi connectivity index (χ2n) is 11.3. The van der Waals surface area contributed by atoms with E-state index in [0.29, 0.717) is 43.0 Å².